The number of rotatable bonds is 13. The van der Waals surface area contributed by atoms with Crippen LogP contribution in [0.25, 0.3) is 0 Å². The lowest BCUT2D eigenvalue weighted by Crippen LogP contribution is -2.61. The van der Waals surface area contributed by atoms with Crippen molar-refractivity contribution in [1.82, 2.24) is 5.32 Å². The molecule has 0 saturated carbocycles. The zero-order valence-corrected chi connectivity index (χ0v) is 26.6. The number of carbonyl (C=O) groups excluding carboxylic acids is 5. The fourth-order valence-corrected chi connectivity index (χ4v) is 5.45. The second kappa shape index (κ2) is 16.5. The highest BCUT2D eigenvalue weighted by atomic mass is 16.6. The zero-order chi connectivity index (χ0) is 33.8. The third-order valence-electron chi connectivity index (χ3n) is 7.78. The minimum atomic E-state index is -1.04. The molecule has 3 aromatic rings. The van der Waals surface area contributed by atoms with Crippen LogP contribution < -0.4 is 5.32 Å². The average molecular weight is 646 g/mol. The molecule has 1 N–H and O–H groups in total. The van der Waals surface area contributed by atoms with Gasteiger partial charge in [0.1, 0.15) is 18.8 Å². The van der Waals surface area contributed by atoms with Crippen LogP contribution in [0.5, 0.6) is 0 Å². The van der Waals surface area contributed by atoms with Crippen LogP contribution in [-0.4, -0.2) is 73.5 Å². The van der Waals surface area contributed by atoms with Crippen molar-refractivity contribution in [3.63, 3.8) is 0 Å². The smallest absolute Gasteiger partial charge is 0.338 e. The monoisotopic (exact) mass is 645 g/mol. The van der Waals surface area contributed by atoms with Gasteiger partial charge in [-0.25, -0.2) is 14.4 Å². The minimum absolute atomic E-state index is 0.0188. The van der Waals surface area contributed by atoms with Gasteiger partial charge in [0, 0.05) is 26.2 Å². The largest absolute Gasteiger partial charge is 0.469 e. The van der Waals surface area contributed by atoms with Gasteiger partial charge in [0.25, 0.3) is 0 Å². The molecule has 1 aliphatic rings. The molecule has 0 aliphatic carbocycles. The number of nitrogens with one attached hydrogen (secondary N) is 1. The first-order valence-corrected chi connectivity index (χ1v) is 15.3. The second-order valence-electron chi connectivity index (χ2n) is 11.5. The van der Waals surface area contributed by atoms with Gasteiger partial charge in [-0.1, -0.05) is 54.6 Å². The molecule has 1 aliphatic heterocycles. The summed E-state index contributed by atoms with van der Waals surface area (Å²) in [5.74, 6) is -2.73. The van der Waals surface area contributed by atoms with E-state index in [0.29, 0.717) is 11.1 Å². The predicted octanol–water partition coefficient (Wildman–Crippen LogP) is 4.69. The van der Waals surface area contributed by atoms with Gasteiger partial charge < -0.3 is 29.0 Å². The molecule has 4 rings (SSSR count). The van der Waals surface area contributed by atoms with Crippen LogP contribution in [0, 0.1) is 0 Å². The van der Waals surface area contributed by atoms with Gasteiger partial charge in [-0.3, -0.25) is 9.59 Å². The summed E-state index contributed by atoms with van der Waals surface area (Å²) in [6.45, 7) is 2.77. The Balaban J connectivity index is 1.64. The molecule has 2 unspecified atom stereocenters. The van der Waals surface area contributed by atoms with Crippen LogP contribution >= 0.6 is 0 Å². The highest BCUT2D eigenvalue weighted by molar-refractivity contribution is 5.90. The summed E-state index contributed by atoms with van der Waals surface area (Å²) < 4.78 is 28.8. The number of carbonyl (C=O) groups is 5. The standard InChI is InChI=1S/C36H39NO10/c1-24(38)37-32-29(47-36(2,20-19-31(39)43-3)22-30(32)46-35(42)27-17-11-6-12-18-27)21-28(45-34(41)26-15-9-5-10-16-26)23-44-33(40)25-13-7-4-8-14-25/h4-18,28-30,32H,19-23H2,1-3H3,(H,37,38)/t28-,29?,30+,32?,36+/m0/s1. The van der Waals surface area contributed by atoms with Gasteiger partial charge in [-0.15, -0.1) is 0 Å². The lowest BCUT2D eigenvalue weighted by atomic mass is 9.83. The third kappa shape index (κ3) is 10.2. The lowest BCUT2D eigenvalue weighted by molar-refractivity contribution is -0.186. The maximum absolute atomic E-state index is 13.2. The number of amides is 1. The Morgan fingerprint density at radius 3 is 1.89 bits per heavy atom. The van der Waals surface area contributed by atoms with Gasteiger partial charge in [0.2, 0.25) is 5.91 Å². The minimum Gasteiger partial charge on any atom is -0.469 e. The third-order valence-corrected chi connectivity index (χ3v) is 7.78. The summed E-state index contributed by atoms with van der Waals surface area (Å²) in [4.78, 5) is 63.8. The summed E-state index contributed by atoms with van der Waals surface area (Å²) in [5.41, 5.74) is -0.110. The number of esters is 4. The Bertz CT molecular complexity index is 1510. The van der Waals surface area contributed by atoms with Crippen molar-refractivity contribution in [3.05, 3.63) is 108 Å². The fraction of sp³-hybridized carbons (Fsp3) is 0.361. The van der Waals surface area contributed by atoms with Gasteiger partial charge in [0.15, 0.2) is 0 Å². The van der Waals surface area contributed by atoms with E-state index in [1.165, 1.54) is 14.0 Å². The number of benzene rings is 3. The molecule has 1 fully saturated rings. The Morgan fingerprint density at radius 1 is 0.830 bits per heavy atom. The first kappa shape index (κ1) is 34.8. The number of ether oxygens (including phenoxy) is 5. The van der Waals surface area contributed by atoms with Gasteiger partial charge >= 0.3 is 23.9 Å². The van der Waals surface area contributed by atoms with Crippen LogP contribution in [0.2, 0.25) is 0 Å². The molecule has 1 heterocycles. The summed E-state index contributed by atoms with van der Waals surface area (Å²) in [5, 5.41) is 2.85. The molecule has 5 atom stereocenters. The molecule has 1 amide bonds. The average Bonchev–Trinajstić information content (AvgIpc) is 3.08. The maximum atomic E-state index is 13.2. The zero-order valence-electron chi connectivity index (χ0n) is 26.6. The van der Waals surface area contributed by atoms with Crippen LogP contribution in [0.1, 0.15) is 70.6 Å². The van der Waals surface area contributed by atoms with Crippen LogP contribution in [0.4, 0.5) is 0 Å². The summed E-state index contributed by atoms with van der Waals surface area (Å²) in [6.07, 6.45) is -2.53. The van der Waals surface area contributed by atoms with Gasteiger partial charge in [-0.2, -0.15) is 0 Å². The number of hydrogen-bond acceptors (Lipinski definition) is 10. The van der Waals surface area contributed by atoms with Crippen LogP contribution in [0.3, 0.4) is 0 Å². The van der Waals surface area contributed by atoms with Crippen molar-refractivity contribution < 1.29 is 47.7 Å². The molecular formula is C36H39NO10. The van der Waals surface area contributed by atoms with Crippen molar-refractivity contribution >= 4 is 29.8 Å². The van der Waals surface area contributed by atoms with E-state index in [-0.39, 0.29) is 37.9 Å². The van der Waals surface area contributed by atoms with E-state index in [4.69, 9.17) is 23.7 Å². The first-order chi connectivity index (χ1) is 22.6. The van der Waals surface area contributed by atoms with Crippen molar-refractivity contribution in [1.29, 1.82) is 0 Å². The van der Waals surface area contributed by atoms with Gasteiger partial charge in [-0.05, 0) is 49.7 Å². The maximum Gasteiger partial charge on any atom is 0.338 e. The topological polar surface area (TPSA) is 144 Å². The molecule has 47 heavy (non-hydrogen) atoms. The van der Waals surface area contributed by atoms with Crippen molar-refractivity contribution in [3.8, 4) is 0 Å². The van der Waals surface area contributed by atoms with E-state index in [9.17, 15) is 24.0 Å². The molecule has 0 bridgehead atoms. The molecule has 248 valence electrons. The van der Waals surface area contributed by atoms with Crippen LogP contribution in [0.15, 0.2) is 91.0 Å². The number of methoxy groups -OCH3 is 1. The van der Waals surface area contributed by atoms with Gasteiger partial charge in [0.05, 0.1) is 41.5 Å². The molecule has 3 aromatic carbocycles. The molecule has 11 nitrogen and oxygen atoms in total. The van der Waals surface area contributed by atoms with Crippen molar-refractivity contribution in [2.45, 2.75) is 69.5 Å². The van der Waals surface area contributed by atoms with E-state index in [0.717, 1.165) is 0 Å². The molecular weight excluding hydrogens is 606 g/mol. The van der Waals surface area contributed by atoms with E-state index < -0.39 is 59.7 Å². The highest BCUT2D eigenvalue weighted by Gasteiger charge is 2.48. The summed E-state index contributed by atoms with van der Waals surface area (Å²) >= 11 is 0. The Kier molecular flexibility index (Phi) is 12.2. The van der Waals surface area contributed by atoms with Crippen LogP contribution in [-0.2, 0) is 33.3 Å². The Morgan fingerprint density at radius 2 is 1.36 bits per heavy atom. The molecule has 1 saturated heterocycles. The lowest BCUT2D eigenvalue weighted by Gasteiger charge is -2.47. The fourth-order valence-electron chi connectivity index (χ4n) is 5.45. The SMILES string of the molecule is COC(=O)CC[C@]1(C)C[C@@H](OC(=O)c2ccccc2)C(NC(C)=O)C(C[C@@H](COC(=O)c2ccccc2)OC(=O)c2ccccc2)O1. The van der Waals surface area contributed by atoms with Crippen molar-refractivity contribution in [2.24, 2.45) is 0 Å². The molecule has 0 aromatic heterocycles. The first-order valence-electron chi connectivity index (χ1n) is 15.3. The molecule has 0 radical (unpaired) electrons. The quantitative estimate of drug-likeness (QED) is 0.205. The van der Waals surface area contributed by atoms with E-state index >= 15 is 0 Å². The molecule has 0 spiro atoms. The molecule has 11 heteroatoms. The van der Waals surface area contributed by atoms with E-state index in [2.05, 4.69) is 5.32 Å². The van der Waals surface area contributed by atoms with E-state index in [1.807, 2.05) is 0 Å². The summed E-state index contributed by atoms with van der Waals surface area (Å²) in [6, 6.07) is 24.2. The van der Waals surface area contributed by atoms with E-state index in [1.54, 1.807) is 97.9 Å². The normalized spacial score (nSPS) is 21.0. The highest BCUT2D eigenvalue weighted by Crippen LogP contribution is 2.37. The number of hydrogen-bond donors (Lipinski definition) is 1. The Hall–Kier alpha value is -5.03. The second-order valence-corrected chi connectivity index (χ2v) is 11.5. The summed E-state index contributed by atoms with van der Waals surface area (Å²) in [7, 11) is 1.29. The van der Waals surface area contributed by atoms with Crippen molar-refractivity contribution in [2.75, 3.05) is 13.7 Å². The Labute approximate surface area is 273 Å². The predicted molar refractivity (Wildman–Crippen MR) is 169 cm³/mol.